The van der Waals surface area contributed by atoms with Crippen LogP contribution in [0, 0.1) is 0 Å². The van der Waals surface area contributed by atoms with Gasteiger partial charge in [0.1, 0.15) is 18.7 Å². The second-order valence-electron chi connectivity index (χ2n) is 7.13. The topological polar surface area (TPSA) is 123 Å². The first kappa shape index (κ1) is 25.1. The summed E-state index contributed by atoms with van der Waals surface area (Å²) in [5, 5.41) is 7.19. The zero-order chi connectivity index (χ0) is 24.2. The normalized spacial score (nSPS) is 11.9. The molecule has 0 heterocycles. The molecular formula is C24H27N3O6. The summed E-state index contributed by atoms with van der Waals surface area (Å²) < 4.78 is 9.82. The van der Waals surface area contributed by atoms with E-state index in [1.54, 1.807) is 12.1 Å². The van der Waals surface area contributed by atoms with Crippen molar-refractivity contribution in [3.63, 3.8) is 0 Å². The standard InChI is InChI=1S/C24H27N3O6/c1-16(22(29)27-20(23(30)32-3)14-18-10-6-4-7-11-18)25-21(28)17(2)26-24(31)33-15-19-12-8-5-9-13-19/h4-13,17,20H,1,14-15H2,2-3H3,(H,25,28)(H,26,31)(H,27,29)/t17-,20-/m0/s1. The molecule has 0 spiro atoms. The molecule has 174 valence electrons. The van der Waals surface area contributed by atoms with E-state index in [1.165, 1.54) is 14.0 Å². The maximum Gasteiger partial charge on any atom is 0.408 e. The summed E-state index contributed by atoms with van der Waals surface area (Å²) >= 11 is 0. The van der Waals surface area contributed by atoms with E-state index in [9.17, 15) is 19.2 Å². The fraction of sp³-hybridized carbons (Fsp3) is 0.250. The van der Waals surface area contributed by atoms with Gasteiger partial charge in [-0.25, -0.2) is 9.59 Å². The minimum Gasteiger partial charge on any atom is -0.467 e. The Morgan fingerprint density at radius 2 is 1.48 bits per heavy atom. The summed E-state index contributed by atoms with van der Waals surface area (Å²) in [6.07, 6.45) is -0.587. The number of ether oxygens (including phenoxy) is 2. The Hall–Kier alpha value is -4.14. The first-order valence-electron chi connectivity index (χ1n) is 10.2. The van der Waals surface area contributed by atoms with E-state index < -0.39 is 36.0 Å². The average Bonchev–Trinajstić information content (AvgIpc) is 2.82. The second-order valence-corrected chi connectivity index (χ2v) is 7.13. The van der Waals surface area contributed by atoms with Crippen LogP contribution in [0.25, 0.3) is 0 Å². The van der Waals surface area contributed by atoms with Crippen LogP contribution >= 0.6 is 0 Å². The van der Waals surface area contributed by atoms with Crippen LogP contribution in [0.4, 0.5) is 4.79 Å². The van der Waals surface area contributed by atoms with Gasteiger partial charge in [0.25, 0.3) is 5.91 Å². The van der Waals surface area contributed by atoms with Crippen molar-refractivity contribution in [1.29, 1.82) is 0 Å². The largest absolute Gasteiger partial charge is 0.467 e. The average molecular weight is 453 g/mol. The smallest absolute Gasteiger partial charge is 0.408 e. The lowest BCUT2D eigenvalue weighted by Gasteiger charge is -2.19. The first-order valence-corrected chi connectivity index (χ1v) is 10.2. The zero-order valence-electron chi connectivity index (χ0n) is 18.5. The summed E-state index contributed by atoms with van der Waals surface area (Å²) in [5.74, 6) is -2.07. The van der Waals surface area contributed by atoms with Crippen LogP contribution in [-0.4, -0.2) is 43.1 Å². The number of methoxy groups -OCH3 is 1. The minimum absolute atomic E-state index is 0.0481. The number of benzene rings is 2. The van der Waals surface area contributed by atoms with Crippen LogP contribution < -0.4 is 16.0 Å². The Balaban J connectivity index is 1.84. The summed E-state index contributed by atoms with van der Waals surface area (Å²) in [7, 11) is 1.22. The monoisotopic (exact) mass is 453 g/mol. The van der Waals surface area contributed by atoms with E-state index in [1.807, 2.05) is 48.5 Å². The van der Waals surface area contributed by atoms with Gasteiger partial charge in [-0.1, -0.05) is 67.2 Å². The van der Waals surface area contributed by atoms with E-state index in [2.05, 4.69) is 22.5 Å². The van der Waals surface area contributed by atoms with Gasteiger partial charge in [0.05, 0.1) is 12.8 Å². The second kappa shape index (κ2) is 12.7. The molecule has 2 rings (SSSR count). The van der Waals surface area contributed by atoms with Gasteiger partial charge < -0.3 is 25.4 Å². The van der Waals surface area contributed by atoms with E-state index >= 15 is 0 Å². The highest BCUT2D eigenvalue weighted by molar-refractivity contribution is 6.00. The van der Waals surface area contributed by atoms with Gasteiger partial charge in [0, 0.05) is 6.42 Å². The molecule has 0 radical (unpaired) electrons. The van der Waals surface area contributed by atoms with Crippen molar-refractivity contribution < 1.29 is 28.7 Å². The molecule has 0 aliphatic rings. The Bertz CT molecular complexity index is 978. The summed E-state index contributed by atoms with van der Waals surface area (Å²) in [4.78, 5) is 48.8. The predicted molar refractivity (Wildman–Crippen MR) is 121 cm³/mol. The highest BCUT2D eigenvalue weighted by Crippen LogP contribution is 2.05. The molecular weight excluding hydrogens is 426 g/mol. The molecule has 2 aromatic carbocycles. The predicted octanol–water partition coefficient (Wildman–Crippen LogP) is 1.83. The molecule has 0 saturated heterocycles. The SMILES string of the molecule is C=C(NC(=O)[C@H](C)NC(=O)OCc1ccccc1)C(=O)N[C@@H](Cc1ccccc1)C(=O)OC. The van der Waals surface area contributed by atoms with Crippen molar-refractivity contribution in [3.05, 3.63) is 84.1 Å². The van der Waals surface area contributed by atoms with E-state index in [-0.39, 0.29) is 18.7 Å². The van der Waals surface area contributed by atoms with Crippen molar-refractivity contribution in [2.45, 2.75) is 32.0 Å². The Kier molecular flexibility index (Phi) is 9.63. The van der Waals surface area contributed by atoms with Gasteiger partial charge in [-0.3, -0.25) is 9.59 Å². The number of carbonyl (C=O) groups is 4. The third kappa shape index (κ3) is 8.48. The maximum absolute atomic E-state index is 12.5. The fourth-order valence-electron chi connectivity index (χ4n) is 2.75. The van der Waals surface area contributed by atoms with Crippen molar-refractivity contribution >= 4 is 23.9 Å². The van der Waals surface area contributed by atoms with Crippen molar-refractivity contribution in [2.75, 3.05) is 7.11 Å². The molecule has 0 aliphatic heterocycles. The van der Waals surface area contributed by atoms with Gasteiger partial charge in [0.2, 0.25) is 5.91 Å². The zero-order valence-corrected chi connectivity index (χ0v) is 18.5. The quantitative estimate of drug-likeness (QED) is 0.373. The van der Waals surface area contributed by atoms with Crippen LogP contribution in [0.15, 0.2) is 72.9 Å². The van der Waals surface area contributed by atoms with Gasteiger partial charge >= 0.3 is 12.1 Å². The molecule has 33 heavy (non-hydrogen) atoms. The van der Waals surface area contributed by atoms with Crippen LogP contribution in [0.1, 0.15) is 18.1 Å². The lowest BCUT2D eigenvalue weighted by Crippen LogP contribution is -2.49. The Labute approximate surface area is 192 Å². The molecule has 2 atom stereocenters. The maximum atomic E-state index is 12.5. The third-order valence-electron chi connectivity index (χ3n) is 4.56. The van der Waals surface area contributed by atoms with Gasteiger partial charge in [-0.05, 0) is 18.1 Å². The minimum atomic E-state index is -1.00. The molecule has 9 heteroatoms. The fourth-order valence-corrected chi connectivity index (χ4v) is 2.75. The number of rotatable bonds is 10. The molecule has 0 bridgehead atoms. The summed E-state index contributed by atoms with van der Waals surface area (Å²) in [6.45, 7) is 5.01. The first-order chi connectivity index (χ1) is 15.8. The molecule has 9 nitrogen and oxygen atoms in total. The highest BCUT2D eigenvalue weighted by Gasteiger charge is 2.25. The van der Waals surface area contributed by atoms with E-state index in [0.29, 0.717) is 0 Å². The number of alkyl carbamates (subject to hydrolysis) is 1. The van der Waals surface area contributed by atoms with Crippen LogP contribution in [0.3, 0.4) is 0 Å². The molecule has 2 aromatic rings. The molecule has 0 aromatic heterocycles. The Morgan fingerprint density at radius 3 is 2.06 bits per heavy atom. The van der Waals surface area contributed by atoms with Crippen molar-refractivity contribution in [1.82, 2.24) is 16.0 Å². The van der Waals surface area contributed by atoms with Gasteiger partial charge in [0.15, 0.2) is 0 Å². The number of carbonyl (C=O) groups excluding carboxylic acids is 4. The van der Waals surface area contributed by atoms with Gasteiger partial charge in [-0.15, -0.1) is 0 Å². The third-order valence-corrected chi connectivity index (χ3v) is 4.56. The van der Waals surface area contributed by atoms with Crippen molar-refractivity contribution in [3.8, 4) is 0 Å². The summed E-state index contributed by atoms with van der Waals surface area (Å²) in [5.41, 5.74) is 1.33. The lowest BCUT2D eigenvalue weighted by molar-refractivity contribution is -0.144. The van der Waals surface area contributed by atoms with Gasteiger partial charge in [-0.2, -0.15) is 0 Å². The molecule has 0 fully saturated rings. The number of amides is 3. The van der Waals surface area contributed by atoms with Crippen molar-refractivity contribution in [2.24, 2.45) is 0 Å². The summed E-state index contributed by atoms with van der Waals surface area (Å²) in [6, 6.07) is 16.2. The van der Waals surface area contributed by atoms with E-state index in [0.717, 1.165) is 11.1 Å². The Morgan fingerprint density at radius 1 is 0.909 bits per heavy atom. The molecule has 3 N–H and O–H groups in total. The molecule has 0 aliphatic carbocycles. The number of nitrogens with one attached hydrogen (secondary N) is 3. The number of esters is 1. The molecule has 0 saturated carbocycles. The molecule has 3 amide bonds. The van der Waals surface area contributed by atoms with E-state index in [4.69, 9.17) is 9.47 Å². The number of hydrogen-bond acceptors (Lipinski definition) is 6. The van der Waals surface area contributed by atoms with Crippen LogP contribution in [0.2, 0.25) is 0 Å². The molecule has 0 unspecified atom stereocenters. The lowest BCUT2D eigenvalue weighted by atomic mass is 10.1. The number of hydrogen-bond donors (Lipinski definition) is 3. The van der Waals surface area contributed by atoms with Crippen LogP contribution in [-0.2, 0) is 36.9 Å². The highest BCUT2D eigenvalue weighted by atomic mass is 16.5. The van der Waals surface area contributed by atoms with Crippen LogP contribution in [0.5, 0.6) is 0 Å².